The first-order chi connectivity index (χ1) is 13.7. The van der Waals surface area contributed by atoms with Gasteiger partial charge in [0.15, 0.2) is 0 Å². The summed E-state index contributed by atoms with van der Waals surface area (Å²) in [5, 5.41) is 4.94. The van der Waals surface area contributed by atoms with Crippen LogP contribution in [0.15, 0.2) is 70.8 Å². The Morgan fingerprint density at radius 2 is 1.89 bits per heavy atom. The monoisotopic (exact) mass is 389 g/mol. The van der Waals surface area contributed by atoms with E-state index in [1.165, 1.54) is 22.3 Å². The number of benzene rings is 2. The molecule has 0 N–H and O–H groups in total. The Morgan fingerprint density at radius 3 is 2.61 bits per heavy atom. The highest BCUT2D eigenvalue weighted by Gasteiger charge is 2.16. The molecule has 0 unspecified atom stereocenters. The zero-order valence-corrected chi connectivity index (χ0v) is 16.4. The van der Waals surface area contributed by atoms with E-state index in [0.29, 0.717) is 12.0 Å². The second-order valence-electron chi connectivity index (χ2n) is 6.22. The fraction of sp³-hybridized carbons (Fsp3) is 0.136. The summed E-state index contributed by atoms with van der Waals surface area (Å²) in [5.74, 6) is 0.807. The lowest BCUT2D eigenvalue weighted by Gasteiger charge is -2.03. The Hall–Kier alpha value is -3.25. The van der Waals surface area contributed by atoms with Gasteiger partial charge in [-0.15, -0.1) is 11.3 Å². The number of aryl methyl sites for hydroxylation is 1. The van der Waals surface area contributed by atoms with E-state index >= 15 is 0 Å². The molecule has 140 valence electrons. The molecule has 0 aliphatic heterocycles. The molecule has 0 saturated carbocycles. The number of nitrogens with zero attached hydrogens (tertiary/aromatic N) is 3. The molecule has 0 bridgehead atoms. The largest absolute Gasteiger partial charge is 0.494 e. The van der Waals surface area contributed by atoms with Crippen LogP contribution in [-0.2, 0) is 0 Å². The van der Waals surface area contributed by atoms with Crippen LogP contribution in [0.1, 0.15) is 17.4 Å². The molecule has 5 nitrogen and oxygen atoms in total. The van der Waals surface area contributed by atoms with E-state index in [-0.39, 0.29) is 5.56 Å². The van der Waals surface area contributed by atoms with E-state index in [1.807, 2.05) is 68.4 Å². The van der Waals surface area contributed by atoms with Gasteiger partial charge in [-0.1, -0.05) is 30.3 Å². The highest BCUT2D eigenvalue weighted by atomic mass is 32.1. The van der Waals surface area contributed by atoms with Gasteiger partial charge in [-0.3, -0.25) is 4.79 Å². The van der Waals surface area contributed by atoms with Gasteiger partial charge in [0.05, 0.1) is 18.2 Å². The maximum atomic E-state index is 13.1. The summed E-state index contributed by atoms with van der Waals surface area (Å²) in [6.07, 6.45) is 3.12. The average Bonchev–Trinajstić information content (AvgIpc) is 3.06. The Balaban J connectivity index is 1.75. The van der Waals surface area contributed by atoms with Gasteiger partial charge in [0, 0.05) is 10.4 Å². The third kappa shape index (κ3) is 3.46. The maximum absolute atomic E-state index is 13.1. The molecule has 0 amide bonds. The van der Waals surface area contributed by atoms with Crippen LogP contribution >= 0.6 is 11.3 Å². The van der Waals surface area contributed by atoms with Crippen LogP contribution in [0, 0.1) is 6.92 Å². The van der Waals surface area contributed by atoms with Crippen molar-refractivity contribution >= 4 is 27.8 Å². The Bertz CT molecular complexity index is 1190. The molecule has 0 radical (unpaired) electrons. The van der Waals surface area contributed by atoms with E-state index in [4.69, 9.17) is 4.74 Å². The molecular weight excluding hydrogens is 370 g/mol. The van der Waals surface area contributed by atoms with Crippen molar-refractivity contribution < 1.29 is 4.74 Å². The van der Waals surface area contributed by atoms with Gasteiger partial charge in [0.25, 0.3) is 5.56 Å². The summed E-state index contributed by atoms with van der Waals surface area (Å²) < 4.78 is 6.73. The maximum Gasteiger partial charge on any atom is 0.283 e. The van der Waals surface area contributed by atoms with Crippen molar-refractivity contribution in [3.05, 3.63) is 81.7 Å². The van der Waals surface area contributed by atoms with Gasteiger partial charge in [0.1, 0.15) is 16.9 Å². The molecule has 6 heteroatoms. The molecule has 4 rings (SSSR count). The average molecular weight is 389 g/mol. The van der Waals surface area contributed by atoms with Crippen LogP contribution in [0.5, 0.6) is 5.75 Å². The zero-order valence-electron chi connectivity index (χ0n) is 15.6. The first-order valence-electron chi connectivity index (χ1n) is 9.00. The lowest BCUT2D eigenvalue weighted by Crippen LogP contribution is -2.16. The van der Waals surface area contributed by atoms with Crippen molar-refractivity contribution in [3.63, 3.8) is 0 Å². The SMILES string of the molecule is CCOc1ccc(/C=N\n2cnc3sc(C)c(-c4ccccc4)c3c2=O)cc1. The van der Waals surface area contributed by atoms with E-state index in [0.717, 1.165) is 32.1 Å². The molecule has 28 heavy (non-hydrogen) atoms. The third-order valence-electron chi connectivity index (χ3n) is 4.36. The highest BCUT2D eigenvalue weighted by molar-refractivity contribution is 7.19. The predicted molar refractivity (Wildman–Crippen MR) is 115 cm³/mol. The minimum atomic E-state index is -0.171. The van der Waals surface area contributed by atoms with Gasteiger partial charge in [-0.05, 0) is 49.2 Å². The molecule has 0 fully saturated rings. The molecule has 0 spiro atoms. The predicted octanol–water partition coefficient (Wildman–Crippen LogP) is 4.71. The number of hydrogen-bond acceptors (Lipinski definition) is 5. The van der Waals surface area contributed by atoms with Crippen molar-refractivity contribution in [1.82, 2.24) is 9.66 Å². The van der Waals surface area contributed by atoms with E-state index in [9.17, 15) is 4.79 Å². The van der Waals surface area contributed by atoms with Gasteiger partial charge >= 0.3 is 0 Å². The number of rotatable bonds is 5. The van der Waals surface area contributed by atoms with Crippen LogP contribution in [0.2, 0.25) is 0 Å². The second-order valence-corrected chi connectivity index (χ2v) is 7.42. The minimum Gasteiger partial charge on any atom is -0.494 e. The van der Waals surface area contributed by atoms with Crippen molar-refractivity contribution in [3.8, 4) is 16.9 Å². The molecule has 0 aliphatic carbocycles. The van der Waals surface area contributed by atoms with Gasteiger partial charge in [-0.25, -0.2) is 4.98 Å². The fourth-order valence-corrected chi connectivity index (χ4v) is 4.08. The molecule has 2 aromatic carbocycles. The molecule has 2 heterocycles. The number of fused-ring (bicyclic) bond motifs is 1. The first kappa shape index (κ1) is 18.1. The van der Waals surface area contributed by atoms with Crippen LogP contribution in [0.4, 0.5) is 0 Å². The zero-order chi connectivity index (χ0) is 19.5. The second kappa shape index (κ2) is 7.78. The van der Waals surface area contributed by atoms with Crippen LogP contribution in [-0.4, -0.2) is 22.5 Å². The number of hydrogen-bond donors (Lipinski definition) is 0. The molecule has 0 saturated heterocycles. The van der Waals surface area contributed by atoms with E-state index in [2.05, 4.69) is 10.1 Å². The summed E-state index contributed by atoms with van der Waals surface area (Å²) in [7, 11) is 0. The lowest BCUT2D eigenvalue weighted by molar-refractivity contribution is 0.340. The minimum absolute atomic E-state index is 0.171. The lowest BCUT2D eigenvalue weighted by atomic mass is 10.0. The quantitative estimate of drug-likeness (QED) is 0.464. The third-order valence-corrected chi connectivity index (χ3v) is 5.37. The summed E-state index contributed by atoms with van der Waals surface area (Å²) >= 11 is 1.53. The smallest absolute Gasteiger partial charge is 0.283 e. The number of aromatic nitrogens is 2. The van der Waals surface area contributed by atoms with Crippen molar-refractivity contribution in [2.45, 2.75) is 13.8 Å². The first-order valence-corrected chi connectivity index (χ1v) is 9.82. The number of ether oxygens (including phenoxy) is 1. The molecule has 0 atom stereocenters. The fourth-order valence-electron chi connectivity index (χ4n) is 3.07. The van der Waals surface area contributed by atoms with Crippen LogP contribution in [0.3, 0.4) is 0 Å². The number of thiophene rings is 1. The van der Waals surface area contributed by atoms with E-state index in [1.54, 1.807) is 6.21 Å². The summed E-state index contributed by atoms with van der Waals surface area (Å²) in [6, 6.07) is 17.5. The van der Waals surface area contributed by atoms with Crippen molar-refractivity contribution in [2.24, 2.45) is 5.10 Å². The normalized spacial score (nSPS) is 11.4. The van der Waals surface area contributed by atoms with E-state index < -0.39 is 0 Å². The van der Waals surface area contributed by atoms with Crippen molar-refractivity contribution in [1.29, 1.82) is 0 Å². The van der Waals surface area contributed by atoms with Crippen molar-refractivity contribution in [2.75, 3.05) is 6.61 Å². The van der Waals surface area contributed by atoms with Gasteiger partial charge < -0.3 is 4.74 Å². The van der Waals surface area contributed by atoms with Crippen LogP contribution in [0.25, 0.3) is 21.3 Å². The Labute approximate surface area is 166 Å². The highest BCUT2D eigenvalue weighted by Crippen LogP contribution is 2.35. The molecule has 2 aromatic heterocycles. The standard InChI is InChI=1S/C22H19N3O2S/c1-3-27-18-11-9-16(10-12-18)13-24-25-14-23-21-20(22(25)26)19(15(2)28-21)17-7-5-4-6-8-17/h4-14H,3H2,1-2H3/b24-13-. The van der Waals surface area contributed by atoms with Crippen LogP contribution < -0.4 is 10.3 Å². The Morgan fingerprint density at radius 1 is 1.14 bits per heavy atom. The summed E-state index contributed by atoms with van der Waals surface area (Å²) in [4.78, 5) is 19.3. The summed E-state index contributed by atoms with van der Waals surface area (Å²) in [5.41, 5.74) is 2.65. The topological polar surface area (TPSA) is 56.5 Å². The summed E-state index contributed by atoms with van der Waals surface area (Å²) in [6.45, 7) is 4.58. The van der Waals surface area contributed by atoms with Gasteiger partial charge in [-0.2, -0.15) is 9.78 Å². The van der Waals surface area contributed by atoms with Gasteiger partial charge in [0.2, 0.25) is 0 Å². The molecule has 4 aromatic rings. The Kier molecular flexibility index (Phi) is 5.04. The molecule has 0 aliphatic rings. The molecular formula is C22H19N3O2S.